The molecule has 28 heavy (non-hydrogen) atoms. The third-order valence-corrected chi connectivity index (χ3v) is 5.85. The average molecular weight is 389 g/mol. The maximum atomic E-state index is 12.7. The molecule has 0 saturated heterocycles. The van der Waals surface area contributed by atoms with Crippen molar-refractivity contribution >= 4 is 26.5 Å². The van der Waals surface area contributed by atoms with Crippen LogP contribution >= 0.6 is 0 Å². The minimum absolute atomic E-state index is 0.179. The molecule has 4 nitrogen and oxygen atoms in total. The number of hydrogen-bond donors (Lipinski definition) is 1. The number of rotatable bonds is 5. The Morgan fingerprint density at radius 3 is 2.18 bits per heavy atom. The molecule has 0 atom stereocenters. The Morgan fingerprint density at radius 2 is 1.43 bits per heavy atom. The van der Waals surface area contributed by atoms with Crippen LogP contribution in [-0.4, -0.2) is 8.42 Å². The molecular weight excluding hydrogens is 370 g/mol. The van der Waals surface area contributed by atoms with Gasteiger partial charge < -0.3 is 4.74 Å². The van der Waals surface area contributed by atoms with Crippen LogP contribution in [0.2, 0.25) is 0 Å². The molecule has 5 heteroatoms. The predicted octanol–water partition coefficient (Wildman–Crippen LogP) is 5.74. The van der Waals surface area contributed by atoms with Crippen LogP contribution in [0, 0.1) is 6.92 Å². The molecule has 4 aromatic carbocycles. The topological polar surface area (TPSA) is 55.4 Å². The van der Waals surface area contributed by atoms with E-state index in [9.17, 15) is 8.42 Å². The fourth-order valence-corrected chi connectivity index (χ4v) is 4.00. The maximum Gasteiger partial charge on any atom is 0.261 e. The first kappa shape index (κ1) is 18.1. The van der Waals surface area contributed by atoms with E-state index >= 15 is 0 Å². The predicted molar refractivity (Wildman–Crippen MR) is 112 cm³/mol. The third kappa shape index (κ3) is 3.85. The second-order valence-electron chi connectivity index (χ2n) is 6.51. The highest BCUT2D eigenvalue weighted by Gasteiger charge is 2.14. The third-order valence-electron chi connectivity index (χ3n) is 4.46. The number of anilines is 1. The summed E-state index contributed by atoms with van der Waals surface area (Å²) in [5.41, 5.74) is 1.54. The first-order valence-electron chi connectivity index (χ1n) is 8.86. The Morgan fingerprint density at radius 1 is 0.750 bits per heavy atom. The number of ether oxygens (including phenoxy) is 1. The smallest absolute Gasteiger partial charge is 0.261 e. The van der Waals surface area contributed by atoms with Crippen molar-refractivity contribution in [2.24, 2.45) is 0 Å². The summed E-state index contributed by atoms with van der Waals surface area (Å²) in [6, 6.07) is 27.3. The second-order valence-corrected chi connectivity index (χ2v) is 8.19. The van der Waals surface area contributed by atoms with E-state index in [0.717, 1.165) is 22.1 Å². The van der Waals surface area contributed by atoms with Crippen molar-refractivity contribution in [3.63, 3.8) is 0 Å². The molecule has 1 N–H and O–H groups in total. The first-order valence-corrected chi connectivity index (χ1v) is 10.3. The highest BCUT2D eigenvalue weighted by molar-refractivity contribution is 7.92. The summed E-state index contributed by atoms with van der Waals surface area (Å²) in [4.78, 5) is 0.179. The standard InChI is InChI=1S/C23H19NO3S/c1-17-6-2-5-9-23(17)27-21-12-14-22(15-13-21)28(25,26)24-20-11-10-18-7-3-4-8-19(18)16-20/h2-16,24H,1H3. The molecule has 0 amide bonds. The van der Waals surface area contributed by atoms with E-state index in [4.69, 9.17) is 4.74 Å². The molecule has 0 fully saturated rings. The zero-order valence-electron chi connectivity index (χ0n) is 15.3. The normalized spacial score (nSPS) is 11.3. The summed E-state index contributed by atoms with van der Waals surface area (Å²) in [6.07, 6.45) is 0. The van der Waals surface area contributed by atoms with Crippen LogP contribution < -0.4 is 9.46 Å². The fraction of sp³-hybridized carbons (Fsp3) is 0.0435. The molecule has 140 valence electrons. The van der Waals surface area contributed by atoms with E-state index in [0.29, 0.717) is 11.4 Å². The Kier molecular flexibility index (Phi) is 4.75. The fourth-order valence-electron chi connectivity index (χ4n) is 2.95. The largest absolute Gasteiger partial charge is 0.457 e. The minimum Gasteiger partial charge on any atom is -0.457 e. The van der Waals surface area contributed by atoms with E-state index in [2.05, 4.69) is 4.72 Å². The number of fused-ring (bicyclic) bond motifs is 1. The first-order chi connectivity index (χ1) is 13.5. The molecule has 0 spiro atoms. The summed E-state index contributed by atoms with van der Waals surface area (Å²) in [5.74, 6) is 1.33. The molecule has 4 rings (SSSR count). The molecule has 0 heterocycles. The summed E-state index contributed by atoms with van der Waals surface area (Å²) < 4.78 is 33.9. The Labute approximate surface area is 164 Å². The molecule has 0 aliphatic rings. The lowest BCUT2D eigenvalue weighted by molar-refractivity contribution is 0.478. The van der Waals surface area contributed by atoms with Gasteiger partial charge in [-0.15, -0.1) is 0 Å². The summed E-state index contributed by atoms with van der Waals surface area (Å²) >= 11 is 0. The maximum absolute atomic E-state index is 12.7. The van der Waals surface area contributed by atoms with E-state index in [1.807, 2.05) is 67.6 Å². The molecule has 0 bridgehead atoms. The Bertz CT molecular complexity index is 1230. The molecular formula is C23H19NO3S. The van der Waals surface area contributed by atoms with Crippen molar-refractivity contribution in [1.29, 1.82) is 0 Å². The SMILES string of the molecule is Cc1ccccc1Oc1ccc(S(=O)(=O)Nc2ccc3ccccc3c2)cc1. The van der Waals surface area contributed by atoms with Gasteiger partial charge in [0.2, 0.25) is 0 Å². The monoisotopic (exact) mass is 389 g/mol. The van der Waals surface area contributed by atoms with E-state index in [-0.39, 0.29) is 4.90 Å². The Balaban J connectivity index is 1.54. The lowest BCUT2D eigenvalue weighted by Crippen LogP contribution is -2.12. The summed E-state index contributed by atoms with van der Waals surface area (Å²) in [5, 5.41) is 2.04. The van der Waals surface area contributed by atoms with Gasteiger partial charge in [-0.05, 0) is 65.7 Å². The number of nitrogens with one attached hydrogen (secondary N) is 1. The Hall–Kier alpha value is -3.31. The van der Waals surface area contributed by atoms with E-state index in [1.54, 1.807) is 18.2 Å². The van der Waals surface area contributed by atoms with Gasteiger partial charge >= 0.3 is 0 Å². The van der Waals surface area contributed by atoms with Gasteiger partial charge in [-0.1, -0.05) is 48.5 Å². The zero-order chi connectivity index (χ0) is 19.6. The van der Waals surface area contributed by atoms with Gasteiger partial charge in [0.05, 0.1) is 4.90 Å². The van der Waals surface area contributed by atoms with Gasteiger partial charge in [0.25, 0.3) is 10.0 Å². The highest BCUT2D eigenvalue weighted by Crippen LogP contribution is 2.27. The molecule has 0 aromatic heterocycles. The van der Waals surface area contributed by atoms with Gasteiger partial charge in [-0.2, -0.15) is 0 Å². The molecule has 0 radical (unpaired) electrons. The van der Waals surface area contributed by atoms with Crippen molar-refractivity contribution in [3.8, 4) is 11.5 Å². The van der Waals surface area contributed by atoms with Gasteiger partial charge in [0, 0.05) is 5.69 Å². The summed E-state index contributed by atoms with van der Waals surface area (Å²) in [6.45, 7) is 1.96. The van der Waals surface area contributed by atoms with Gasteiger partial charge in [-0.25, -0.2) is 8.42 Å². The highest BCUT2D eigenvalue weighted by atomic mass is 32.2. The second kappa shape index (κ2) is 7.37. The van der Waals surface area contributed by atoms with Crippen LogP contribution in [0.15, 0.2) is 95.9 Å². The lowest BCUT2D eigenvalue weighted by atomic mass is 10.1. The van der Waals surface area contributed by atoms with Crippen molar-refractivity contribution in [2.75, 3.05) is 4.72 Å². The molecule has 0 aliphatic heterocycles. The number of sulfonamides is 1. The van der Waals surface area contributed by atoms with Crippen molar-refractivity contribution in [3.05, 3.63) is 96.6 Å². The van der Waals surface area contributed by atoms with Gasteiger partial charge in [-0.3, -0.25) is 4.72 Å². The quantitative estimate of drug-likeness (QED) is 0.473. The number of benzene rings is 4. The number of para-hydroxylation sites is 1. The molecule has 4 aromatic rings. The van der Waals surface area contributed by atoms with Crippen LogP contribution in [0.4, 0.5) is 5.69 Å². The zero-order valence-corrected chi connectivity index (χ0v) is 16.1. The van der Waals surface area contributed by atoms with Crippen molar-refractivity contribution in [1.82, 2.24) is 0 Å². The minimum atomic E-state index is -3.69. The number of hydrogen-bond acceptors (Lipinski definition) is 3. The molecule has 0 unspecified atom stereocenters. The average Bonchev–Trinajstić information content (AvgIpc) is 2.70. The van der Waals surface area contributed by atoms with E-state index < -0.39 is 10.0 Å². The molecule has 0 aliphatic carbocycles. The summed E-state index contributed by atoms with van der Waals surface area (Å²) in [7, 11) is -3.69. The van der Waals surface area contributed by atoms with Crippen molar-refractivity contribution < 1.29 is 13.2 Å². The molecule has 0 saturated carbocycles. The lowest BCUT2D eigenvalue weighted by Gasteiger charge is -2.11. The van der Waals surface area contributed by atoms with Gasteiger partial charge in [0.15, 0.2) is 0 Å². The van der Waals surface area contributed by atoms with Crippen LogP contribution in [0.5, 0.6) is 11.5 Å². The van der Waals surface area contributed by atoms with Crippen LogP contribution in [0.1, 0.15) is 5.56 Å². The van der Waals surface area contributed by atoms with Gasteiger partial charge in [0.1, 0.15) is 11.5 Å². The van der Waals surface area contributed by atoms with E-state index in [1.165, 1.54) is 12.1 Å². The van der Waals surface area contributed by atoms with Crippen LogP contribution in [0.3, 0.4) is 0 Å². The van der Waals surface area contributed by atoms with Crippen LogP contribution in [0.25, 0.3) is 10.8 Å². The van der Waals surface area contributed by atoms with Crippen molar-refractivity contribution in [2.45, 2.75) is 11.8 Å². The number of aryl methyl sites for hydroxylation is 1. The van der Waals surface area contributed by atoms with Crippen LogP contribution in [-0.2, 0) is 10.0 Å².